The van der Waals surface area contributed by atoms with Crippen LogP contribution in [0, 0.1) is 5.82 Å². The molecule has 1 atom stereocenters. The first kappa shape index (κ1) is 7.92. The van der Waals surface area contributed by atoms with E-state index in [0.717, 1.165) is 12.4 Å². The van der Waals surface area contributed by atoms with Gasteiger partial charge in [0.25, 0.3) is 0 Å². The molecule has 12 heavy (non-hydrogen) atoms. The van der Waals surface area contributed by atoms with Crippen molar-refractivity contribution in [2.75, 3.05) is 12.4 Å². The summed E-state index contributed by atoms with van der Waals surface area (Å²) >= 11 is 1.89. The molecule has 2 rings (SSSR count). The van der Waals surface area contributed by atoms with Gasteiger partial charge in [-0.1, -0.05) is 0 Å². The van der Waals surface area contributed by atoms with Crippen molar-refractivity contribution in [2.24, 2.45) is 0 Å². The molecular weight excluding hydrogens is 175 g/mol. The van der Waals surface area contributed by atoms with E-state index in [1.807, 2.05) is 11.8 Å². The van der Waals surface area contributed by atoms with Crippen molar-refractivity contribution in [3.63, 3.8) is 0 Å². The second-order valence-corrected chi connectivity index (χ2v) is 4.05. The Hall–Kier alpha value is -0.700. The van der Waals surface area contributed by atoms with Gasteiger partial charge in [0.2, 0.25) is 0 Å². The monoisotopic (exact) mass is 184 g/mol. The molecular formula is C9H9FOS. The van der Waals surface area contributed by atoms with Gasteiger partial charge in [-0.25, -0.2) is 4.39 Å². The molecule has 1 unspecified atom stereocenters. The van der Waals surface area contributed by atoms with Crippen LogP contribution in [0.4, 0.5) is 4.39 Å². The number of thioether (sulfide) groups is 1. The van der Waals surface area contributed by atoms with Crippen LogP contribution in [0.25, 0.3) is 0 Å². The molecule has 0 saturated carbocycles. The summed E-state index contributed by atoms with van der Waals surface area (Å²) < 4.78 is 17.8. The maximum atomic E-state index is 12.4. The van der Waals surface area contributed by atoms with Crippen LogP contribution in [-0.2, 0) is 0 Å². The summed E-state index contributed by atoms with van der Waals surface area (Å²) in [5.41, 5.74) is 0. The van der Waals surface area contributed by atoms with Gasteiger partial charge in [-0.15, -0.1) is 0 Å². The average molecular weight is 184 g/mol. The maximum Gasteiger partial charge on any atom is 0.123 e. The highest BCUT2D eigenvalue weighted by atomic mass is 32.2. The predicted octanol–water partition coefficient (Wildman–Crippen LogP) is 2.32. The van der Waals surface area contributed by atoms with Gasteiger partial charge in [-0.3, -0.25) is 0 Å². The van der Waals surface area contributed by atoms with E-state index in [1.54, 1.807) is 12.1 Å². The number of halogens is 1. The van der Waals surface area contributed by atoms with Crippen LogP contribution >= 0.6 is 11.8 Å². The summed E-state index contributed by atoms with van der Waals surface area (Å²) in [6.45, 7) is 0.746. The van der Waals surface area contributed by atoms with Crippen molar-refractivity contribution in [2.45, 2.75) is 5.25 Å². The molecule has 0 radical (unpaired) electrons. The Bertz CT molecular complexity index is 256. The predicted molar refractivity (Wildman–Crippen MR) is 48.1 cm³/mol. The molecule has 0 N–H and O–H groups in total. The molecule has 1 aliphatic heterocycles. The summed E-state index contributed by atoms with van der Waals surface area (Å²) in [5, 5.41) is 0.662. The molecule has 1 aliphatic rings. The fourth-order valence-electron chi connectivity index (χ4n) is 0.884. The summed E-state index contributed by atoms with van der Waals surface area (Å²) in [6, 6.07) is 6.13. The van der Waals surface area contributed by atoms with Crippen LogP contribution in [0.15, 0.2) is 24.3 Å². The Kier molecular flexibility index (Phi) is 2.21. The number of hydrogen-bond donors (Lipinski definition) is 0. The number of rotatable bonds is 3. The van der Waals surface area contributed by atoms with Crippen molar-refractivity contribution >= 4 is 11.8 Å². The Morgan fingerprint density at radius 1 is 1.42 bits per heavy atom. The van der Waals surface area contributed by atoms with E-state index in [9.17, 15) is 4.39 Å². The third kappa shape index (κ3) is 2.14. The molecule has 1 heterocycles. The quantitative estimate of drug-likeness (QED) is 0.667. The Morgan fingerprint density at radius 3 is 2.67 bits per heavy atom. The average Bonchev–Trinajstić information content (AvgIpc) is 2.87. The lowest BCUT2D eigenvalue weighted by Crippen LogP contribution is -2.02. The third-order valence-electron chi connectivity index (χ3n) is 1.65. The first-order valence-electron chi connectivity index (χ1n) is 3.84. The normalized spacial score (nSPS) is 20.6. The van der Waals surface area contributed by atoms with Crippen LogP contribution in [0.3, 0.4) is 0 Å². The lowest BCUT2D eigenvalue weighted by Gasteiger charge is -2.02. The maximum absolute atomic E-state index is 12.4. The van der Waals surface area contributed by atoms with Crippen molar-refractivity contribution in [3.05, 3.63) is 30.1 Å². The summed E-state index contributed by atoms with van der Waals surface area (Å²) in [4.78, 5) is 0. The van der Waals surface area contributed by atoms with Crippen LogP contribution in [0.1, 0.15) is 0 Å². The largest absolute Gasteiger partial charge is 0.492 e. The van der Waals surface area contributed by atoms with E-state index in [4.69, 9.17) is 4.74 Å². The molecule has 1 aromatic rings. The highest BCUT2D eigenvalue weighted by molar-refractivity contribution is 8.06. The minimum absolute atomic E-state index is 0.219. The Morgan fingerprint density at radius 2 is 2.08 bits per heavy atom. The lowest BCUT2D eigenvalue weighted by molar-refractivity contribution is 0.329. The van der Waals surface area contributed by atoms with Gasteiger partial charge >= 0.3 is 0 Å². The molecule has 1 fully saturated rings. The molecule has 3 heteroatoms. The highest BCUT2D eigenvalue weighted by Gasteiger charge is 2.22. The van der Waals surface area contributed by atoms with E-state index in [0.29, 0.717) is 5.25 Å². The number of benzene rings is 1. The zero-order valence-electron chi connectivity index (χ0n) is 6.50. The zero-order valence-corrected chi connectivity index (χ0v) is 7.31. The first-order valence-corrected chi connectivity index (χ1v) is 4.89. The second-order valence-electron chi connectivity index (χ2n) is 2.72. The van der Waals surface area contributed by atoms with Crippen LogP contribution in [0.2, 0.25) is 0 Å². The molecule has 0 aliphatic carbocycles. The number of ether oxygens (including phenoxy) is 1. The van der Waals surface area contributed by atoms with Crippen molar-refractivity contribution < 1.29 is 9.13 Å². The van der Waals surface area contributed by atoms with E-state index in [-0.39, 0.29) is 5.82 Å². The molecule has 1 nitrogen and oxygen atoms in total. The molecule has 0 aromatic heterocycles. The molecule has 1 saturated heterocycles. The Labute approximate surface area is 74.9 Å². The van der Waals surface area contributed by atoms with Crippen LogP contribution in [-0.4, -0.2) is 17.6 Å². The van der Waals surface area contributed by atoms with Crippen molar-refractivity contribution in [3.8, 4) is 5.75 Å². The smallest absolute Gasteiger partial charge is 0.123 e. The van der Waals surface area contributed by atoms with Gasteiger partial charge < -0.3 is 4.74 Å². The summed E-state index contributed by atoms with van der Waals surface area (Å²) in [5.74, 6) is 1.73. The third-order valence-corrected chi connectivity index (χ3v) is 2.59. The number of hydrogen-bond acceptors (Lipinski definition) is 2. The fourth-order valence-corrected chi connectivity index (χ4v) is 1.28. The van der Waals surface area contributed by atoms with Gasteiger partial charge in [0.1, 0.15) is 18.2 Å². The van der Waals surface area contributed by atoms with Crippen molar-refractivity contribution in [1.82, 2.24) is 0 Å². The van der Waals surface area contributed by atoms with Crippen LogP contribution < -0.4 is 4.74 Å². The van der Waals surface area contributed by atoms with Crippen molar-refractivity contribution in [1.29, 1.82) is 0 Å². The van der Waals surface area contributed by atoms with E-state index in [2.05, 4.69) is 0 Å². The molecule has 0 spiro atoms. The SMILES string of the molecule is Fc1ccc(OCC2CS2)cc1. The minimum atomic E-state index is -0.219. The van der Waals surface area contributed by atoms with Gasteiger partial charge in [0.15, 0.2) is 0 Å². The molecule has 0 amide bonds. The first-order chi connectivity index (χ1) is 5.84. The van der Waals surface area contributed by atoms with E-state index < -0.39 is 0 Å². The lowest BCUT2D eigenvalue weighted by atomic mass is 10.3. The van der Waals surface area contributed by atoms with E-state index >= 15 is 0 Å². The fraction of sp³-hybridized carbons (Fsp3) is 0.333. The van der Waals surface area contributed by atoms with Gasteiger partial charge in [-0.2, -0.15) is 11.8 Å². The zero-order chi connectivity index (χ0) is 8.39. The molecule has 64 valence electrons. The summed E-state index contributed by atoms with van der Waals surface area (Å²) in [6.07, 6.45) is 0. The van der Waals surface area contributed by atoms with Gasteiger partial charge in [0.05, 0.1) is 0 Å². The van der Waals surface area contributed by atoms with Gasteiger partial charge in [-0.05, 0) is 24.3 Å². The van der Waals surface area contributed by atoms with Gasteiger partial charge in [0, 0.05) is 11.0 Å². The van der Waals surface area contributed by atoms with E-state index in [1.165, 1.54) is 17.9 Å². The topological polar surface area (TPSA) is 9.23 Å². The summed E-state index contributed by atoms with van der Waals surface area (Å²) in [7, 11) is 0. The molecule has 1 aromatic carbocycles. The standard InChI is InChI=1S/C9H9FOS/c10-7-1-3-8(4-2-7)11-5-9-6-12-9/h1-4,9H,5-6H2. The minimum Gasteiger partial charge on any atom is -0.492 e. The highest BCUT2D eigenvalue weighted by Crippen LogP contribution is 2.30. The molecule has 0 bridgehead atoms. The second kappa shape index (κ2) is 3.35. The van der Waals surface area contributed by atoms with Crippen LogP contribution in [0.5, 0.6) is 5.75 Å². The Balaban J connectivity index is 1.89.